The fourth-order valence-electron chi connectivity index (χ4n) is 4.68. The van der Waals surface area contributed by atoms with Crippen molar-refractivity contribution in [2.24, 2.45) is 5.92 Å². The molecular formula is C26H34N2O3. The second-order valence-electron chi connectivity index (χ2n) is 8.88. The molecule has 5 heteroatoms. The number of nitrogens with zero attached hydrogens (tertiary/aromatic N) is 2. The molecule has 2 aromatic rings. The zero-order valence-electron chi connectivity index (χ0n) is 18.8. The van der Waals surface area contributed by atoms with E-state index in [1.807, 2.05) is 23.1 Å². The molecule has 31 heavy (non-hydrogen) atoms. The summed E-state index contributed by atoms with van der Waals surface area (Å²) in [5.74, 6) is 2.60. The van der Waals surface area contributed by atoms with Gasteiger partial charge in [-0.15, -0.1) is 0 Å². The van der Waals surface area contributed by atoms with E-state index in [1.165, 1.54) is 24.8 Å². The van der Waals surface area contributed by atoms with E-state index in [9.17, 15) is 4.79 Å². The number of hydrogen-bond donors (Lipinski definition) is 0. The first-order valence-corrected chi connectivity index (χ1v) is 11.5. The molecule has 0 aliphatic carbocycles. The number of methoxy groups -OCH3 is 1. The number of fused-ring (bicyclic) bond motifs is 1. The highest BCUT2D eigenvalue weighted by atomic mass is 16.5. The third-order valence-electron chi connectivity index (χ3n) is 6.66. The van der Waals surface area contributed by atoms with Crippen molar-refractivity contribution < 1.29 is 14.3 Å². The minimum absolute atomic E-state index is 0.0579. The predicted molar refractivity (Wildman–Crippen MR) is 122 cm³/mol. The smallest absolute Gasteiger partial charge is 0.224 e. The molecule has 5 nitrogen and oxygen atoms in total. The maximum Gasteiger partial charge on any atom is 0.224 e. The van der Waals surface area contributed by atoms with Crippen molar-refractivity contribution >= 4 is 5.91 Å². The minimum atomic E-state index is 0.0579. The molecule has 0 aromatic heterocycles. The highest BCUT2D eigenvalue weighted by Gasteiger charge is 2.27. The topological polar surface area (TPSA) is 42.0 Å². The fraction of sp³-hybridized carbons (Fsp3) is 0.500. The lowest BCUT2D eigenvalue weighted by Crippen LogP contribution is -2.42. The van der Waals surface area contributed by atoms with Crippen LogP contribution in [0.2, 0.25) is 0 Å². The number of carbonyl (C=O) groups is 1. The number of hydrogen-bond acceptors (Lipinski definition) is 4. The molecule has 1 fully saturated rings. The molecule has 4 rings (SSSR count). The molecule has 2 aliphatic rings. The van der Waals surface area contributed by atoms with Gasteiger partial charge in [-0.25, -0.2) is 0 Å². The molecular weight excluding hydrogens is 388 g/mol. The molecule has 1 amide bonds. The molecule has 0 N–H and O–H groups in total. The van der Waals surface area contributed by atoms with Crippen LogP contribution in [0.3, 0.4) is 0 Å². The molecule has 0 saturated carbocycles. The number of benzene rings is 2. The van der Waals surface area contributed by atoms with Gasteiger partial charge < -0.3 is 19.3 Å². The van der Waals surface area contributed by atoms with Gasteiger partial charge >= 0.3 is 0 Å². The first-order chi connectivity index (χ1) is 15.1. The van der Waals surface area contributed by atoms with E-state index < -0.39 is 0 Å². The third-order valence-corrected chi connectivity index (χ3v) is 6.66. The largest absolute Gasteiger partial charge is 0.497 e. The van der Waals surface area contributed by atoms with Crippen LogP contribution in [0, 0.1) is 5.92 Å². The molecule has 0 spiro atoms. The first-order valence-electron chi connectivity index (χ1n) is 11.5. The molecule has 0 radical (unpaired) electrons. The molecule has 166 valence electrons. The number of ether oxygens (including phenoxy) is 2. The number of likely N-dealkylation sites (tertiary alicyclic amines) is 1. The van der Waals surface area contributed by atoms with Gasteiger partial charge in [-0.05, 0) is 69.0 Å². The predicted octanol–water partition coefficient (Wildman–Crippen LogP) is 4.15. The number of rotatable bonds is 6. The van der Waals surface area contributed by atoms with Crippen LogP contribution >= 0.6 is 0 Å². The first kappa shape index (κ1) is 21.7. The molecule has 2 heterocycles. The van der Waals surface area contributed by atoms with Crippen LogP contribution in [-0.4, -0.2) is 55.1 Å². The van der Waals surface area contributed by atoms with Crippen LogP contribution in [-0.2, 0) is 17.8 Å². The summed E-state index contributed by atoms with van der Waals surface area (Å²) in [5.41, 5.74) is 2.45. The second kappa shape index (κ2) is 10.2. The summed E-state index contributed by atoms with van der Waals surface area (Å²) in [6.07, 6.45) is 4.16. The van der Waals surface area contributed by atoms with E-state index in [0.717, 1.165) is 42.6 Å². The summed E-state index contributed by atoms with van der Waals surface area (Å²) in [6, 6.07) is 16.7. The Bertz CT molecular complexity index is 862. The number of amides is 1. The Kier molecular flexibility index (Phi) is 7.13. The Morgan fingerprint density at radius 3 is 2.65 bits per heavy atom. The summed E-state index contributed by atoms with van der Waals surface area (Å²) in [4.78, 5) is 17.5. The number of piperidine rings is 1. The molecule has 0 bridgehead atoms. The van der Waals surface area contributed by atoms with Crippen LogP contribution in [0.25, 0.3) is 0 Å². The van der Waals surface area contributed by atoms with Gasteiger partial charge in [0.15, 0.2) is 0 Å². The molecule has 1 atom stereocenters. The summed E-state index contributed by atoms with van der Waals surface area (Å²) >= 11 is 0. The van der Waals surface area contributed by atoms with Crippen molar-refractivity contribution in [3.05, 3.63) is 59.7 Å². The lowest BCUT2D eigenvalue weighted by molar-refractivity contribution is -0.134. The van der Waals surface area contributed by atoms with Crippen molar-refractivity contribution in [3.8, 4) is 11.5 Å². The highest BCUT2D eigenvalue weighted by Crippen LogP contribution is 2.29. The Labute approximate surface area is 185 Å². The molecule has 0 unspecified atom stereocenters. The van der Waals surface area contributed by atoms with Crippen molar-refractivity contribution in [2.45, 2.75) is 45.2 Å². The fourth-order valence-corrected chi connectivity index (χ4v) is 4.68. The zero-order valence-corrected chi connectivity index (χ0v) is 18.8. The zero-order chi connectivity index (χ0) is 21.6. The summed E-state index contributed by atoms with van der Waals surface area (Å²) in [5, 5.41) is 0. The van der Waals surface area contributed by atoms with Crippen molar-refractivity contribution in [1.29, 1.82) is 0 Å². The van der Waals surface area contributed by atoms with E-state index in [4.69, 9.17) is 9.47 Å². The normalized spacial score (nSPS) is 19.9. The van der Waals surface area contributed by atoms with Crippen molar-refractivity contribution in [1.82, 2.24) is 9.80 Å². The minimum Gasteiger partial charge on any atom is -0.497 e. The van der Waals surface area contributed by atoms with Gasteiger partial charge in [0.25, 0.3) is 0 Å². The quantitative estimate of drug-likeness (QED) is 0.701. The van der Waals surface area contributed by atoms with Gasteiger partial charge in [0.2, 0.25) is 5.91 Å². The average Bonchev–Trinajstić information content (AvgIpc) is 2.97. The van der Waals surface area contributed by atoms with Gasteiger partial charge in [0.1, 0.15) is 18.1 Å². The molecule has 1 saturated heterocycles. The van der Waals surface area contributed by atoms with E-state index in [-0.39, 0.29) is 11.9 Å². The maximum absolute atomic E-state index is 13.1. The molecule has 2 aliphatic heterocycles. The van der Waals surface area contributed by atoms with E-state index in [2.05, 4.69) is 42.2 Å². The van der Waals surface area contributed by atoms with E-state index >= 15 is 0 Å². The van der Waals surface area contributed by atoms with Crippen LogP contribution in [0.1, 0.15) is 37.3 Å². The standard InChI is InChI=1S/C26H34N2O3/c1-20-19-31-25-9-8-24(30-2)17-23(25)18-28(20)26(29)12-15-27-13-10-22(11-14-27)16-21-6-4-3-5-7-21/h3-9,17,20,22H,10-16,18-19H2,1-2H3/t20-/m0/s1. The Hall–Kier alpha value is -2.53. The Morgan fingerprint density at radius 1 is 1.13 bits per heavy atom. The van der Waals surface area contributed by atoms with E-state index in [1.54, 1.807) is 7.11 Å². The Morgan fingerprint density at radius 2 is 1.90 bits per heavy atom. The van der Waals surface area contributed by atoms with Gasteiger partial charge in [-0.2, -0.15) is 0 Å². The van der Waals surface area contributed by atoms with Crippen LogP contribution < -0.4 is 9.47 Å². The number of carbonyl (C=O) groups excluding carboxylic acids is 1. The lowest BCUT2D eigenvalue weighted by atomic mass is 9.90. The van der Waals surface area contributed by atoms with Gasteiger partial charge in [-0.1, -0.05) is 30.3 Å². The van der Waals surface area contributed by atoms with Crippen LogP contribution in [0.15, 0.2) is 48.5 Å². The monoisotopic (exact) mass is 422 g/mol. The van der Waals surface area contributed by atoms with Crippen LogP contribution in [0.5, 0.6) is 11.5 Å². The van der Waals surface area contributed by atoms with Crippen molar-refractivity contribution in [3.63, 3.8) is 0 Å². The summed E-state index contributed by atoms with van der Waals surface area (Å²) < 4.78 is 11.3. The van der Waals surface area contributed by atoms with Crippen molar-refractivity contribution in [2.75, 3.05) is 33.4 Å². The van der Waals surface area contributed by atoms with Gasteiger partial charge in [0.05, 0.1) is 13.2 Å². The maximum atomic E-state index is 13.1. The average molecular weight is 423 g/mol. The third kappa shape index (κ3) is 5.59. The summed E-state index contributed by atoms with van der Waals surface area (Å²) in [6.45, 7) is 6.18. The summed E-state index contributed by atoms with van der Waals surface area (Å²) in [7, 11) is 1.66. The van der Waals surface area contributed by atoms with E-state index in [0.29, 0.717) is 19.6 Å². The SMILES string of the molecule is COc1ccc2c(c1)CN(C(=O)CCN1CCC(Cc3ccccc3)CC1)[C@@H](C)CO2. The Balaban J connectivity index is 1.27. The van der Waals surface area contributed by atoms with Crippen LogP contribution in [0.4, 0.5) is 0 Å². The molecule has 2 aromatic carbocycles. The second-order valence-corrected chi connectivity index (χ2v) is 8.88. The lowest BCUT2D eigenvalue weighted by Gasteiger charge is -2.33. The van der Waals surface area contributed by atoms with Gasteiger partial charge in [0, 0.05) is 25.1 Å². The highest BCUT2D eigenvalue weighted by molar-refractivity contribution is 5.77. The van der Waals surface area contributed by atoms with Gasteiger partial charge in [-0.3, -0.25) is 4.79 Å².